The van der Waals surface area contributed by atoms with Gasteiger partial charge < -0.3 is 24.0 Å². The highest BCUT2D eigenvalue weighted by atomic mass is 16.7. The molecule has 0 unspecified atom stereocenters. The summed E-state index contributed by atoms with van der Waals surface area (Å²) in [7, 11) is 1.68. The zero-order valence-electron chi connectivity index (χ0n) is 15.3. The van der Waals surface area contributed by atoms with Gasteiger partial charge in [-0.2, -0.15) is 0 Å². The summed E-state index contributed by atoms with van der Waals surface area (Å²) in [5.41, 5.74) is 2.45. The summed E-state index contributed by atoms with van der Waals surface area (Å²) >= 11 is 0. The Kier molecular flexibility index (Phi) is 3.67. The monoisotopic (exact) mass is 366 g/mol. The maximum absolute atomic E-state index is 12.6. The summed E-state index contributed by atoms with van der Waals surface area (Å²) in [6, 6.07) is 13.9. The molecule has 1 amide bonds. The molecule has 1 spiro atoms. The maximum Gasteiger partial charge on any atom is 0.231 e. The van der Waals surface area contributed by atoms with Gasteiger partial charge in [0.15, 0.2) is 11.5 Å². The largest absolute Gasteiger partial charge is 0.497 e. The molecule has 3 aliphatic heterocycles. The van der Waals surface area contributed by atoms with Crippen molar-refractivity contribution in [1.29, 1.82) is 0 Å². The summed E-state index contributed by atoms with van der Waals surface area (Å²) < 4.78 is 15.9. The third-order valence-corrected chi connectivity index (χ3v) is 5.69. The van der Waals surface area contributed by atoms with E-state index in [9.17, 15) is 4.79 Å². The van der Waals surface area contributed by atoms with Gasteiger partial charge in [-0.25, -0.2) is 0 Å². The molecule has 6 heteroatoms. The SMILES string of the molecule is COc1ccc(N2CC3(CN(C(=O)Cc4ccc5c(c4)OCO5)C3)C2)cc1. The van der Waals surface area contributed by atoms with Crippen molar-refractivity contribution in [3.8, 4) is 17.2 Å². The predicted molar refractivity (Wildman–Crippen MR) is 100 cm³/mol. The molecule has 0 saturated carbocycles. The molecule has 2 saturated heterocycles. The van der Waals surface area contributed by atoms with Crippen LogP contribution in [0.15, 0.2) is 42.5 Å². The van der Waals surface area contributed by atoms with Gasteiger partial charge in [0.1, 0.15) is 5.75 Å². The second kappa shape index (κ2) is 6.08. The van der Waals surface area contributed by atoms with E-state index in [1.807, 2.05) is 35.2 Å². The van der Waals surface area contributed by atoms with Crippen LogP contribution in [0.5, 0.6) is 17.2 Å². The van der Waals surface area contributed by atoms with Crippen LogP contribution in [0.3, 0.4) is 0 Å². The number of hydrogen-bond acceptors (Lipinski definition) is 5. The van der Waals surface area contributed by atoms with Crippen molar-refractivity contribution < 1.29 is 19.0 Å². The van der Waals surface area contributed by atoms with Gasteiger partial charge in [0.05, 0.1) is 13.5 Å². The lowest BCUT2D eigenvalue weighted by Gasteiger charge is -2.61. The highest BCUT2D eigenvalue weighted by molar-refractivity contribution is 5.80. The van der Waals surface area contributed by atoms with Crippen LogP contribution in [-0.4, -0.2) is 50.9 Å². The van der Waals surface area contributed by atoms with E-state index in [0.29, 0.717) is 6.42 Å². The average Bonchev–Trinajstić information content (AvgIpc) is 3.07. The van der Waals surface area contributed by atoms with Crippen molar-refractivity contribution >= 4 is 11.6 Å². The molecule has 0 N–H and O–H groups in total. The minimum absolute atomic E-state index is 0.183. The normalized spacial score (nSPS) is 18.9. The lowest BCUT2D eigenvalue weighted by molar-refractivity contribution is -0.144. The first-order valence-electron chi connectivity index (χ1n) is 9.19. The molecule has 0 atom stereocenters. The van der Waals surface area contributed by atoms with Crippen LogP contribution in [0.25, 0.3) is 0 Å². The molecule has 0 radical (unpaired) electrons. The Bertz CT molecular complexity index is 866. The summed E-state index contributed by atoms with van der Waals surface area (Å²) in [6.07, 6.45) is 0.412. The fraction of sp³-hybridized carbons (Fsp3) is 0.381. The van der Waals surface area contributed by atoms with Crippen molar-refractivity contribution in [2.75, 3.05) is 45.0 Å². The first kappa shape index (κ1) is 16.3. The van der Waals surface area contributed by atoms with E-state index >= 15 is 0 Å². The van der Waals surface area contributed by atoms with E-state index < -0.39 is 0 Å². The zero-order valence-corrected chi connectivity index (χ0v) is 15.3. The van der Waals surface area contributed by atoms with Gasteiger partial charge in [-0.15, -0.1) is 0 Å². The molecule has 6 nitrogen and oxygen atoms in total. The molecular weight excluding hydrogens is 344 g/mol. The summed E-state index contributed by atoms with van der Waals surface area (Å²) in [5, 5.41) is 0. The first-order valence-corrected chi connectivity index (χ1v) is 9.19. The summed E-state index contributed by atoms with van der Waals surface area (Å²) in [5.74, 6) is 2.54. The van der Waals surface area contributed by atoms with Gasteiger partial charge in [0.25, 0.3) is 0 Å². The number of carbonyl (C=O) groups is 1. The van der Waals surface area contributed by atoms with Crippen LogP contribution < -0.4 is 19.1 Å². The number of anilines is 1. The standard InChI is InChI=1S/C21H22N2O4/c1-25-17-5-3-16(4-6-17)22-10-21(11-22)12-23(13-21)20(24)9-15-2-7-18-19(8-15)27-14-26-18/h2-8H,9-14H2,1H3. The van der Waals surface area contributed by atoms with Gasteiger partial charge in [-0.05, 0) is 42.0 Å². The van der Waals surface area contributed by atoms with Gasteiger partial charge >= 0.3 is 0 Å². The van der Waals surface area contributed by atoms with Gasteiger partial charge in [-0.3, -0.25) is 4.79 Å². The van der Waals surface area contributed by atoms with Crippen molar-refractivity contribution in [1.82, 2.24) is 4.90 Å². The molecule has 0 bridgehead atoms. The van der Waals surface area contributed by atoms with E-state index in [-0.39, 0.29) is 18.1 Å². The smallest absolute Gasteiger partial charge is 0.231 e. The molecule has 27 heavy (non-hydrogen) atoms. The predicted octanol–water partition coefficient (Wildman–Crippen LogP) is 2.32. The quantitative estimate of drug-likeness (QED) is 0.831. The molecule has 2 aromatic rings. The number of benzene rings is 2. The van der Waals surface area contributed by atoms with E-state index in [0.717, 1.165) is 49.0 Å². The fourth-order valence-corrected chi connectivity index (χ4v) is 4.22. The molecule has 5 rings (SSSR count). The van der Waals surface area contributed by atoms with Gasteiger partial charge in [-0.1, -0.05) is 6.07 Å². The van der Waals surface area contributed by atoms with Crippen LogP contribution in [-0.2, 0) is 11.2 Å². The Morgan fingerprint density at radius 1 is 1.04 bits per heavy atom. The number of fused-ring (bicyclic) bond motifs is 1. The van der Waals surface area contributed by atoms with Crippen LogP contribution >= 0.6 is 0 Å². The number of methoxy groups -OCH3 is 1. The van der Waals surface area contributed by atoms with Crippen LogP contribution in [0.2, 0.25) is 0 Å². The number of hydrogen-bond donors (Lipinski definition) is 0. The molecule has 0 aliphatic carbocycles. The Morgan fingerprint density at radius 2 is 1.78 bits per heavy atom. The Morgan fingerprint density at radius 3 is 2.52 bits per heavy atom. The van der Waals surface area contributed by atoms with Gasteiger partial charge in [0, 0.05) is 37.3 Å². The topological polar surface area (TPSA) is 51.2 Å². The lowest BCUT2D eigenvalue weighted by atomic mass is 9.72. The van der Waals surface area contributed by atoms with Crippen LogP contribution in [0, 0.1) is 5.41 Å². The molecule has 2 fully saturated rings. The van der Waals surface area contributed by atoms with Crippen molar-refractivity contribution in [3.63, 3.8) is 0 Å². The van der Waals surface area contributed by atoms with Gasteiger partial charge in [0.2, 0.25) is 12.7 Å². The second-order valence-corrected chi connectivity index (χ2v) is 7.67. The lowest BCUT2D eigenvalue weighted by Crippen LogP contribution is -2.73. The minimum atomic E-state index is 0.183. The molecule has 140 valence electrons. The van der Waals surface area contributed by atoms with Crippen molar-refractivity contribution in [3.05, 3.63) is 48.0 Å². The molecule has 3 aliphatic rings. The third-order valence-electron chi connectivity index (χ3n) is 5.69. The number of ether oxygens (including phenoxy) is 3. The number of rotatable bonds is 4. The molecule has 0 aromatic heterocycles. The fourth-order valence-electron chi connectivity index (χ4n) is 4.22. The molecular formula is C21H22N2O4. The highest BCUT2D eigenvalue weighted by Crippen LogP contribution is 2.42. The maximum atomic E-state index is 12.6. The first-order chi connectivity index (χ1) is 13.1. The van der Waals surface area contributed by atoms with Crippen molar-refractivity contribution in [2.45, 2.75) is 6.42 Å². The zero-order chi connectivity index (χ0) is 18.4. The Labute approximate surface area is 158 Å². The third kappa shape index (κ3) is 2.85. The number of amides is 1. The molecule has 2 aromatic carbocycles. The number of carbonyl (C=O) groups excluding carboxylic acids is 1. The Hall–Kier alpha value is -2.89. The summed E-state index contributed by atoms with van der Waals surface area (Å²) in [6.45, 7) is 3.97. The van der Waals surface area contributed by atoms with E-state index in [1.54, 1.807) is 7.11 Å². The van der Waals surface area contributed by atoms with Crippen LogP contribution in [0.1, 0.15) is 5.56 Å². The van der Waals surface area contributed by atoms with Crippen LogP contribution in [0.4, 0.5) is 5.69 Å². The number of nitrogens with zero attached hydrogens (tertiary/aromatic N) is 2. The van der Waals surface area contributed by atoms with E-state index in [2.05, 4.69) is 17.0 Å². The van der Waals surface area contributed by atoms with Crippen molar-refractivity contribution in [2.24, 2.45) is 5.41 Å². The number of likely N-dealkylation sites (tertiary alicyclic amines) is 1. The molecule has 3 heterocycles. The van der Waals surface area contributed by atoms with E-state index in [4.69, 9.17) is 14.2 Å². The second-order valence-electron chi connectivity index (χ2n) is 7.67. The Balaban J connectivity index is 1.14. The summed E-state index contributed by atoms with van der Waals surface area (Å²) in [4.78, 5) is 16.9. The van der Waals surface area contributed by atoms with E-state index in [1.165, 1.54) is 5.69 Å². The average molecular weight is 366 g/mol. The highest BCUT2D eigenvalue weighted by Gasteiger charge is 2.53. The minimum Gasteiger partial charge on any atom is -0.497 e.